The molecule has 2 heterocycles. The van der Waals surface area contributed by atoms with E-state index in [1.54, 1.807) is 36.3 Å². The number of thioether (sulfide) groups is 1. The molecule has 0 saturated carbocycles. The van der Waals surface area contributed by atoms with E-state index >= 15 is 0 Å². The molecule has 4 rings (SSSR count). The Hall–Kier alpha value is -3.39. The molecule has 7 nitrogen and oxygen atoms in total. The Morgan fingerprint density at radius 2 is 1.93 bits per heavy atom. The average Bonchev–Trinajstić information content (AvgIpc) is 3.20. The lowest BCUT2D eigenvalue weighted by molar-refractivity contribution is -0.127. The standard InChI is InChI=1S/C22H21N5O2S/c1-15-7-3-6-10-18(15)27-12-11-23-22(27)30-14-20(28)26(2)13-19-24-17-9-5-4-8-16(17)21(29)25-19/h3-12H,13-14H2,1-2H3,(H,24,25,29). The van der Waals surface area contributed by atoms with Crippen molar-refractivity contribution in [2.75, 3.05) is 12.8 Å². The van der Waals surface area contributed by atoms with Gasteiger partial charge in [-0.2, -0.15) is 0 Å². The zero-order valence-electron chi connectivity index (χ0n) is 16.7. The lowest BCUT2D eigenvalue weighted by Crippen LogP contribution is -2.29. The highest BCUT2D eigenvalue weighted by atomic mass is 32.2. The first kappa shape index (κ1) is 19.9. The minimum absolute atomic E-state index is 0.0739. The summed E-state index contributed by atoms with van der Waals surface area (Å²) in [6.07, 6.45) is 3.62. The lowest BCUT2D eigenvalue weighted by atomic mass is 10.2. The molecule has 0 unspecified atom stereocenters. The first-order valence-electron chi connectivity index (χ1n) is 9.47. The number of hydrogen-bond acceptors (Lipinski definition) is 5. The van der Waals surface area contributed by atoms with E-state index in [-0.39, 0.29) is 23.8 Å². The summed E-state index contributed by atoms with van der Waals surface area (Å²) in [6.45, 7) is 2.27. The van der Waals surface area contributed by atoms with Crippen molar-refractivity contribution in [3.05, 3.63) is 82.7 Å². The van der Waals surface area contributed by atoms with Crippen LogP contribution in [0.15, 0.2) is 70.9 Å². The number of imidazole rings is 1. The van der Waals surface area contributed by atoms with E-state index in [2.05, 4.69) is 15.0 Å². The molecule has 2 aromatic heterocycles. The Bertz CT molecular complexity index is 1260. The normalized spacial score (nSPS) is 11.0. The van der Waals surface area contributed by atoms with Crippen molar-refractivity contribution in [1.29, 1.82) is 0 Å². The van der Waals surface area contributed by atoms with Gasteiger partial charge < -0.3 is 9.88 Å². The monoisotopic (exact) mass is 419 g/mol. The highest BCUT2D eigenvalue weighted by Gasteiger charge is 2.15. The maximum absolute atomic E-state index is 12.7. The molecule has 0 saturated heterocycles. The number of benzene rings is 2. The maximum Gasteiger partial charge on any atom is 0.258 e. The number of hydrogen-bond donors (Lipinski definition) is 1. The van der Waals surface area contributed by atoms with E-state index in [1.807, 2.05) is 48.0 Å². The van der Waals surface area contributed by atoms with Gasteiger partial charge in [0.05, 0.1) is 28.9 Å². The predicted molar refractivity (Wildman–Crippen MR) is 118 cm³/mol. The number of rotatable bonds is 6. The molecule has 2 aromatic carbocycles. The number of para-hydroxylation sites is 2. The molecular weight excluding hydrogens is 398 g/mol. The summed E-state index contributed by atoms with van der Waals surface area (Å²) < 4.78 is 1.98. The van der Waals surface area contributed by atoms with Crippen LogP contribution in [0.5, 0.6) is 0 Å². The Kier molecular flexibility index (Phi) is 5.67. The van der Waals surface area contributed by atoms with Gasteiger partial charge in [0.15, 0.2) is 5.16 Å². The molecule has 0 aliphatic carbocycles. The van der Waals surface area contributed by atoms with E-state index < -0.39 is 0 Å². The topological polar surface area (TPSA) is 83.9 Å². The van der Waals surface area contributed by atoms with Gasteiger partial charge in [0, 0.05) is 19.4 Å². The fourth-order valence-electron chi connectivity index (χ4n) is 3.17. The summed E-state index contributed by atoms with van der Waals surface area (Å²) >= 11 is 1.38. The molecule has 0 radical (unpaired) electrons. The lowest BCUT2D eigenvalue weighted by Gasteiger charge is -2.17. The largest absolute Gasteiger partial charge is 0.338 e. The number of amides is 1. The third-order valence-corrected chi connectivity index (χ3v) is 5.73. The van der Waals surface area contributed by atoms with E-state index in [0.717, 1.165) is 16.4 Å². The summed E-state index contributed by atoms with van der Waals surface area (Å²) in [5, 5.41) is 1.29. The van der Waals surface area contributed by atoms with Gasteiger partial charge in [-0.1, -0.05) is 42.1 Å². The number of aryl methyl sites for hydroxylation is 1. The second-order valence-electron chi connectivity index (χ2n) is 6.93. The average molecular weight is 420 g/mol. The molecule has 4 aromatic rings. The van der Waals surface area contributed by atoms with Crippen LogP contribution in [0.1, 0.15) is 11.4 Å². The Morgan fingerprint density at radius 1 is 1.17 bits per heavy atom. The summed E-state index contributed by atoms with van der Waals surface area (Å²) in [4.78, 5) is 38.0. The van der Waals surface area contributed by atoms with Crippen molar-refractivity contribution < 1.29 is 4.79 Å². The van der Waals surface area contributed by atoms with Crippen LogP contribution in [0, 0.1) is 6.92 Å². The molecule has 1 amide bonds. The van der Waals surface area contributed by atoms with Crippen molar-refractivity contribution in [3.63, 3.8) is 0 Å². The van der Waals surface area contributed by atoms with Crippen LogP contribution in [0.4, 0.5) is 0 Å². The summed E-state index contributed by atoms with van der Waals surface area (Å²) in [6, 6.07) is 15.2. The fourth-order valence-corrected chi connectivity index (χ4v) is 4.08. The number of nitrogens with one attached hydrogen (secondary N) is 1. The number of aromatic amines is 1. The van der Waals surface area contributed by atoms with E-state index in [0.29, 0.717) is 16.7 Å². The number of fused-ring (bicyclic) bond motifs is 1. The fraction of sp³-hybridized carbons (Fsp3) is 0.182. The third kappa shape index (κ3) is 4.13. The molecule has 0 aliphatic rings. The van der Waals surface area contributed by atoms with Gasteiger partial charge in [-0.3, -0.25) is 14.2 Å². The first-order valence-corrected chi connectivity index (χ1v) is 10.5. The van der Waals surface area contributed by atoms with Crippen molar-refractivity contribution in [3.8, 4) is 5.69 Å². The molecule has 0 fully saturated rings. The maximum atomic E-state index is 12.7. The molecule has 1 N–H and O–H groups in total. The zero-order chi connectivity index (χ0) is 21.1. The van der Waals surface area contributed by atoms with Gasteiger partial charge in [0.25, 0.3) is 5.56 Å². The van der Waals surface area contributed by atoms with Gasteiger partial charge in [-0.15, -0.1) is 0 Å². The van der Waals surface area contributed by atoms with Crippen LogP contribution >= 0.6 is 11.8 Å². The van der Waals surface area contributed by atoms with Crippen LogP contribution in [-0.4, -0.2) is 43.1 Å². The van der Waals surface area contributed by atoms with Crippen molar-refractivity contribution in [2.45, 2.75) is 18.6 Å². The van der Waals surface area contributed by atoms with Crippen LogP contribution in [0.2, 0.25) is 0 Å². The molecule has 8 heteroatoms. The predicted octanol–water partition coefficient (Wildman–Crippen LogP) is 3.17. The van der Waals surface area contributed by atoms with Crippen LogP contribution in [-0.2, 0) is 11.3 Å². The summed E-state index contributed by atoms with van der Waals surface area (Å²) in [5.41, 5.74) is 2.58. The molecular formula is C22H21N5O2S. The molecule has 0 bridgehead atoms. The van der Waals surface area contributed by atoms with Crippen molar-refractivity contribution in [2.24, 2.45) is 0 Å². The third-order valence-electron chi connectivity index (χ3n) is 4.78. The minimum Gasteiger partial charge on any atom is -0.338 e. The first-order chi connectivity index (χ1) is 14.5. The van der Waals surface area contributed by atoms with Gasteiger partial charge in [-0.05, 0) is 30.7 Å². The number of carbonyl (C=O) groups excluding carboxylic acids is 1. The quantitative estimate of drug-likeness (QED) is 0.485. The Labute approximate surface area is 177 Å². The van der Waals surface area contributed by atoms with Gasteiger partial charge in [0.2, 0.25) is 5.91 Å². The van der Waals surface area contributed by atoms with Gasteiger partial charge in [-0.25, -0.2) is 9.97 Å². The highest BCUT2D eigenvalue weighted by molar-refractivity contribution is 7.99. The van der Waals surface area contributed by atoms with Crippen LogP contribution in [0.25, 0.3) is 16.6 Å². The number of carbonyl (C=O) groups is 1. The van der Waals surface area contributed by atoms with Crippen molar-refractivity contribution >= 4 is 28.6 Å². The zero-order valence-corrected chi connectivity index (χ0v) is 17.5. The number of aromatic nitrogens is 4. The van der Waals surface area contributed by atoms with E-state index in [9.17, 15) is 9.59 Å². The smallest absolute Gasteiger partial charge is 0.258 e. The summed E-state index contributed by atoms with van der Waals surface area (Å²) in [7, 11) is 1.70. The van der Waals surface area contributed by atoms with E-state index in [1.165, 1.54) is 11.8 Å². The van der Waals surface area contributed by atoms with Gasteiger partial charge >= 0.3 is 0 Å². The second-order valence-corrected chi connectivity index (χ2v) is 7.88. The van der Waals surface area contributed by atoms with Crippen molar-refractivity contribution in [1.82, 2.24) is 24.4 Å². The number of nitrogens with zero attached hydrogens (tertiary/aromatic N) is 4. The SMILES string of the molecule is Cc1ccccc1-n1ccnc1SCC(=O)N(C)Cc1nc2ccccc2c(=O)[nH]1. The molecule has 0 spiro atoms. The van der Waals surface area contributed by atoms with Gasteiger partial charge in [0.1, 0.15) is 5.82 Å². The second kappa shape index (κ2) is 8.54. The van der Waals surface area contributed by atoms with E-state index in [4.69, 9.17) is 0 Å². The molecule has 152 valence electrons. The number of H-pyrrole nitrogens is 1. The molecule has 0 aliphatic heterocycles. The summed E-state index contributed by atoms with van der Waals surface area (Å²) in [5.74, 6) is 0.619. The molecule has 30 heavy (non-hydrogen) atoms. The van der Waals surface area contributed by atoms with Crippen LogP contribution < -0.4 is 5.56 Å². The van der Waals surface area contributed by atoms with Crippen LogP contribution in [0.3, 0.4) is 0 Å². The highest BCUT2D eigenvalue weighted by Crippen LogP contribution is 2.22. The Balaban J connectivity index is 1.44. The molecule has 0 atom stereocenters. The minimum atomic E-state index is -0.203. The Morgan fingerprint density at radius 3 is 2.77 bits per heavy atom.